The summed E-state index contributed by atoms with van der Waals surface area (Å²) in [6.07, 6.45) is 5.35. The molecule has 19 heavy (non-hydrogen) atoms. The van der Waals surface area contributed by atoms with Gasteiger partial charge in [0.05, 0.1) is 5.60 Å². The number of aromatic nitrogens is 2. The van der Waals surface area contributed by atoms with Gasteiger partial charge in [-0.25, -0.2) is 9.97 Å². The lowest BCUT2D eigenvalue weighted by atomic mass is 9.98. The summed E-state index contributed by atoms with van der Waals surface area (Å²) in [6, 6.07) is 0. The monoisotopic (exact) mass is 265 g/mol. The predicted octanol–water partition coefficient (Wildman–Crippen LogP) is 0.312. The Morgan fingerprint density at radius 3 is 2.84 bits per heavy atom. The smallest absolute Gasteiger partial charge is 0.192 e. The highest BCUT2D eigenvalue weighted by Crippen LogP contribution is 2.25. The van der Waals surface area contributed by atoms with E-state index in [-0.39, 0.29) is 5.84 Å². The molecule has 0 amide bonds. The Balaban J connectivity index is 2.27. The van der Waals surface area contributed by atoms with Crippen LogP contribution in [-0.2, 0) is 0 Å². The van der Waals surface area contributed by atoms with E-state index in [0.717, 1.165) is 19.4 Å². The van der Waals surface area contributed by atoms with E-state index in [0.29, 0.717) is 24.5 Å². The number of nitrogens with two attached hydrogens (primary N) is 1. The maximum absolute atomic E-state index is 10.1. The van der Waals surface area contributed by atoms with E-state index in [4.69, 9.17) is 10.9 Å². The summed E-state index contributed by atoms with van der Waals surface area (Å²) < 4.78 is 0. The third-order valence-electron chi connectivity index (χ3n) is 3.39. The summed E-state index contributed by atoms with van der Waals surface area (Å²) in [7, 11) is 0. The molecule has 0 aliphatic carbocycles. The third-order valence-corrected chi connectivity index (χ3v) is 3.39. The van der Waals surface area contributed by atoms with Crippen LogP contribution in [0, 0.1) is 0 Å². The van der Waals surface area contributed by atoms with Crippen LogP contribution in [0.1, 0.15) is 31.9 Å². The van der Waals surface area contributed by atoms with E-state index >= 15 is 0 Å². The SMILES string of the molecule is CC1(O)CCCN(c2nccnc2C(N)=NO)CC1. The largest absolute Gasteiger partial charge is 0.409 e. The molecule has 1 unspecified atom stereocenters. The van der Waals surface area contributed by atoms with Crippen LogP contribution in [0.5, 0.6) is 0 Å². The van der Waals surface area contributed by atoms with Gasteiger partial charge in [0.2, 0.25) is 0 Å². The van der Waals surface area contributed by atoms with E-state index < -0.39 is 5.60 Å². The number of hydrogen-bond donors (Lipinski definition) is 3. The highest BCUT2D eigenvalue weighted by molar-refractivity contribution is 5.99. The summed E-state index contributed by atoms with van der Waals surface area (Å²) in [4.78, 5) is 10.4. The number of amidine groups is 1. The lowest BCUT2D eigenvalue weighted by molar-refractivity contribution is 0.0481. The minimum Gasteiger partial charge on any atom is -0.409 e. The van der Waals surface area contributed by atoms with E-state index in [1.165, 1.54) is 6.20 Å². The molecule has 1 aliphatic rings. The van der Waals surface area contributed by atoms with Gasteiger partial charge in [-0.05, 0) is 26.2 Å². The van der Waals surface area contributed by atoms with Gasteiger partial charge in [-0.2, -0.15) is 0 Å². The molecule has 0 aromatic carbocycles. The van der Waals surface area contributed by atoms with Gasteiger partial charge in [-0.3, -0.25) is 0 Å². The first-order valence-electron chi connectivity index (χ1n) is 6.30. The average molecular weight is 265 g/mol. The summed E-state index contributed by atoms with van der Waals surface area (Å²) in [6.45, 7) is 3.27. The molecule has 1 aromatic heterocycles. The Kier molecular flexibility index (Phi) is 3.84. The second-order valence-corrected chi connectivity index (χ2v) is 5.05. The normalized spacial score (nSPS) is 25.2. The van der Waals surface area contributed by atoms with Crippen molar-refractivity contribution < 1.29 is 10.3 Å². The molecular formula is C12H19N5O2. The van der Waals surface area contributed by atoms with Crippen molar-refractivity contribution in [3.8, 4) is 0 Å². The summed E-state index contributed by atoms with van der Waals surface area (Å²) in [5, 5.41) is 21.9. The van der Waals surface area contributed by atoms with Crippen molar-refractivity contribution in [3.05, 3.63) is 18.1 Å². The van der Waals surface area contributed by atoms with Crippen LogP contribution in [-0.4, -0.2) is 44.8 Å². The van der Waals surface area contributed by atoms with Crippen LogP contribution >= 0.6 is 0 Å². The Morgan fingerprint density at radius 1 is 1.37 bits per heavy atom. The Bertz CT molecular complexity index is 475. The van der Waals surface area contributed by atoms with Crippen LogP contribution in [0.15, 0.2) is 17.5 Å². The Morgan fingerprint density at radius 2 is 2.11 bits per heavy atom. The zero-order valence-corrected chi connectivity index (χ0v) is 11.0. The van der Waals surface area contributed by atoms with E-state index in [1.54, 1.807) is 6.20 Å². The van der Waals surface area contributed by atoms with Crippen molar-refractivity contribution in [1.82, 2.24) is 9.97 Å². The van der Waals surface area contributed by atoms with Crippen LogP contribution in [0.25, 0.3) is 0 Å². The molecule has 2 heterocycles. The first-order valence-corrected chi connectivity index (χ1v) is 6.30. The average Bonchev–Trinajstić information content (AvgIpc) is 2.59. The van der Waals surface area contributed by atoms with Crippen molar-refractivity contribution in [2.75, 3.05) is 18.0 Å². The molecule has 0 radical (unpaired) electrons. The van der Waals surface area contributed by atoms with E-state index in [2.05, 4.69) is 15.1 Å². The van der Waals surface area contributed by atoms with Gasteiger partial charge in [-0.15, -0.1) is 0 Å². The lowest BCUT2D eigenvalue weighted by Gasteiger charge is -2.24. The standard InChI is InChI=1S/C12H19N5O2/c1-12(18)3-2-7-17(8-4-12)11-9(10(13)16-19)14-5-6-15-11/h5-6,18-19H,2-4,7-8H2,1H3,(H2,13,16). The number of aliphatic hydroxyl groups is 1. The number of nitrogens with zero attached hydrogens (tertiary/aromatic N) is 4. The topological polar surface area (TPSA) is 108 Å². The molecule has 1 saturated heterocycles. The Labute approximate surface area is 111 Å². The molecule has 1 aromatic rings. The zero-order chi connectivity index (χ0) is 13.9. The van der Waals surface area contributed by atoms with Gasteiger partial charge < -0.3 is 20.9 Å². The van der Waals surface area contributed by atoms with Gasteiger partial charge in [0.15, 0.2) is 17.3 Å². The first-order chi connectivity index (χ1) is 9.03. The minimum atomic E-state index is -0.645. The lowest BCUT2D eigenvalue weighted by Crippen LogP contribution is -2.31. The Hall–Kier alpha value is -1.89. The van der Waals surface area contributed by atoms with Crippen molar-refractivity contribution in [2.45, 2.75) is 31.8 Å². The van der Waals surface area contributed by atoms with Crippen LogP contribution in [0.2, 0.25) is 0 Å². The third kappa shape index (κ3) is 3.11. The fourth-order valence-electron chi connectivity index (χ4n) is 2.27. The highest BCUT2D eigenvalue weighted by atomic mass is 16.4. The van der Waals surface area contributed by atoms with Gasteiger partial charge >= 0.3 is 0 Å². The number of hydrogen-bond acceptors (Lipinski definition) is 6. The molecular weight excluding hydrogens is 246 g/mol. The van der Waals surface area contributed by atoms with Gasteiger partial charge in [-0.1, -0.05) is 5.16 Å². The molecule has 4 N–H and O–H groups in total. The second-order valence-electron chi connectivity index (χ2n) is 5.05. The molecule has 1 atom stereocenters. The molecule has 2 rings (SSSR count). The predicted molar refractivity (Wildman–Crippen MR) is 71.2 cm³/mol. The second kappa shape index (κ2) is 5.40. The van der Waals surface area contributed by atoms with Gasteiger partial charge in [0.1, 0.15) is 0 Å². The van der Waals surface area contributed by atoms with Crippen molar-refractivity contribution in [3.63, 3.8) is 0 Å². The van der Waals surface area contributed by atoms with Crippen LogP contribution < -0.4 is 10.6 Å². The minimum absolute atomic E-state index is 0.0564. The maximum Gasteiger partial charge on any atom is 0.192 e. The maximum atomic E-state index is 10.1. The van der Waals surface area contributed by atoms with E-state index in [1.807, 2.05) is 11.8 Å². The highest BCUT2D eigenvalue weighted by Gasteiger charge is 2.27. The van der Waals surface area contributed by atoms with Crippen LogP contribution in [0.3, 0.4) is 0 Å². The number of anilines is 1. The molecule has 7 nitrogen and oxygen atoms in total. The first kappa shape index (κ1) is 13.5. The molecule has 1 fully saturated rings. The molecule has 1 aliphatic heterocycles. The summed E-state index contributed by atoms with van der Waals surface area (Å²) in [5.74, 6) is 0.537. The number of oxime groups is 1. The number of rotatable bonds is 2. The summed E-state index contributed by atoms with van der Waals surface area (Å²) in [5.41, 5.74) is 5.34. The van der Waals surface area contributed by atoms with Crippen LogP contribution in [0.4, 0.5) is 5.82 Å². The molecule has 0 spiro atoms. The quantitative estimate of drug-likeness (QED) is 0.307. The summed E-state index contributed by atoms with van der Waals surface area (Å²) >= 11 is 0. The molecule has 0 bridgehead atoms. The van der Waals surface area contributed by atoms with Crippen molar-refractivity contribution in [2.24, 2.45) is 10.9 Å². The van der Waals surface area contributed by atoms with Crippen molar-refractivity contribution in [1.29, 1.82) is 0 Å². The van der Waals surface area contributed by atoms with Crippen molar-refractivity contribution >= 4 is 11.7 Å². The fraction of sp³-hybridized carbons (Fsp3) is 0.583. The van der Waals surface area contributed by atoms with Gasteiger partial charge in [0.25, 0.3) is 0 Å². The zero-order valence-electron chi connectivity index (χ0n) is 11.0. The molecule has 7 heteroatoms. The molecule has 0 saturated carbocycles. The van der Waals surface area contributed by atoms with E-state index in [9.17, 15) is 5.11 Å². The molecule has 104 valence electrons. The fourth-order valence-corrected chi connectivity index (χ4v) is 2.27. The van der Waals surface area contributed by atoms with Gasteiger partial charge in [0, 0.05) is 25.5 Å².